The van der Waals surface area contributed by atoms with Crippen molar-refractivity contribution >= 4 is 33.1 Å². The number of nitrogens with zero attached hydrogens (tertiary/aromatic N) is 2. The average Bonchev–Trinajstić information content (AvgIpc) is 3.35. The second-order valence-electron chi connectivity index (χ2n) is 6.45. The number of hydrogen-bond donors (Lipinski definition) is 0. The highest BCUT2D eigenvalue weighted by Crippen LogP contribution is 2.30. The summed E-state index contributed by atoms with van der Waals surface area (Å²) in [6, 6.07) is 8.05. The lowest BCUT2D eigenvalue weighted by Gasteiger charge is -2.34. The van der Waals surface area contributed by atoms with Crippen molar-refractivity contribution in [2.75, 3.05) is 32.7 Å². The highest BCUT2D eigenvalue weighted by Gasteiger charge is 2.31. The lowest BCUT2D eigenvalue weighted by molar-refractivity contribution is -0.121. The van der Waals surface area contributed by atoms with Gasteiger partial charge in [-0.3, -0.25) is 14.5 Å². The molecule has 23 heavy (non-hydrogen) atoms. The summed E-state index contributed by atoms with van der Waals surface area (Å²) in [5, 5.41) is 3.02. The zero-order chi connectivity index (χ0) is 15.8. The minimum atomic E-state index is 0.121. The van der Waals surface area contributed by atoms with Gasteiger partial charge in [-0.1, -0.05) is 18.2 Å². The molecule has 0 N–H and O–H groups in total. The highest BCUT2D eigenvalue weighted by molar-refractivity contribution is 7.17. The Kier molecular flexibility index (Phi) is 3.91. The fraction of sp³-hybridized carbons (Fsp3) is 0.444. The first kappa shape index (κ1) is 14.8. The van der Waals surface area contributed by atoms with E-state index in [9.17, 15) is 9.59 Å². The molecule has 120 valence electrons. The van der Waals surface area contributed by atoms with Crippen LogP contribution in [0.1, 0.15) is 23.2 Å². The SMILES string of the molecule is O=C(CN1CCN(C(=O)c2csc3ccccc23)CC1)C1CC1. The fourth-order valence-corrected chi connectivity index (χ4v) is 4.11. The zero-order valence-electron chi connectivity index (χ0n) is 13.0. The van der Waals surface area contributed by atoms with Crippen LogP contribution in [0.25, 0.3) is 10.1 Å². The predicted molar refractivity (Wildman–Crippen MR) is 91.9 cm³/mol. The summed E-state index contributed by atoms with van der Waals surface area (Å²) in [6.07, 6.45) is 2.14. The highest BCUT2D eigenvalue weighted by atomic mass is 32.1. The third-order valence-electron chi connectivity index (χ3n) is 4.78. The van der Waals surface area contributed by atoms with Crippen molar-refractivity contribution in [1.29, 1.82) is 0 Å². The zero-order valence-corrected chi connectivity index (χ0v) is 13.8. The Morgan fingerprint density at radius 1 is 1.09 bits per heavy atom. The largest absolute Gasteiger partial charge is 0.336 e. The summed E-state index contributed by atoms with van der Waals surface area (Å²) in [5.74, 6) is 0.830. The Morgan fingerprint density at radius 2 is 1.83 bits per heavy atom. The van der Waals surface area contributed by atoms with Crippen LogP contribution in [0.15, 0.2) is 29.6 Å². The molecule has 0 spiro atoms. The van der Waals surface area contributed by atoms with Crippen molar-refractivity contribution in [2.24, 2.45) is 5.92 Å². The molecule has 1 aromatic carbocycles. The molecule has 5 heteroatoms. The van der Waals surface area contributed by atoms with Crippen LogP contribution in [0, 0.1) is 5.92 Å². The number of rotatable bonds is 4. The molecule has 1 saturated heterocycles. The van der Waals surface area contributed by atoms with E-state index in [-0.39, 0.29) is 5.91 Å². The number of carbonyl (C=O) groups is 2. The van der Waals surface area contributed by atoms with Gasteiger partial charge in [-0.05, 0) is 18.9 Å². The summed E-state index contributed by atoms with van der Waals surface area (Å²) in [4.78, 5) is 28.8. The van der Waals surface area contributed by atoms with Crippen molar-refractivity contribution in [1.82, 2.24) is 9.80 Å². The normalized spacial score (nSPS) is 19.2. The van der Waals surface area contributed by atoms with Gasteiger partial charge in [-0.25, -0.2) is 0 Å². The molecule has 1 saturated carbocycles. The topological polar surface area (TPSA) is 40.6 Å². The van der Waals surface area contributed by atoms with E-state index in [4.69, 9.17) is 0 Å². The van der Waals surface area contributed by atoms with E-state index in [0.717, 1.165) is 41.6 Å². The van der Waals surface area contributed by atoms with E-state index >= 15 is 0 Å². The fourth-order valence-electron chi connectivity index (χ4n) is 3.18. The molecule has 4 rings (SSSR count). The Hall–Kier alpha value is -1.72. The number of ketones is 1. The Bertz CT molecular complexity index is 742. The van der Waals surface area contributed by atoms with Gasteiger partial charge < -0.3 is 4.90 Å². The third-order valence-corrected chi connectivity index (χ3v) is 5.75. The molecular weight excluding hydrogens is 308 g/mol. The van der Waals surface area contributed by atoms with E-state index < -0.39 is 0 Å². The maximum Gasteiger partial charge on any atom is 0.255 e. The summed E-state index contributed by atoms with van der Waals surface area (Å²) in [5.41, 5.74) is 0.813. The lowest BCUT2D eigenvalue weighted by atomic mass is 10.1. The molecule has 2 heterocycles. The molecule has 4 nitrogen and oxygen atoms in total. The van der Waals surface area contributed by atoms with Crippen molar-refractivity contribution in [3.05, 3.63) is 35.2 Å². The number of carbonyl (C=O) groups excluding carboxylic acids is 2. The molecule has 1 aliphatic carbocycles. The minimum absolute atomic E-state index is 0.121. The summed E-state index contributed by atoms with van der Waals surface area (Å²) >= 11 is 1.62. The Morgan fingerprint density at radius 3 is 2.57 bits per heavy atom. The molecule has 1 aliphatic heterocycles. The average molecular weight is 328 g/mol. The Balaban J connectivity index is 1.39. The van der Waals surface area contributed by atoms with Gasteiger partial charge in [-0.2, -0.15) is 0 Å². The molecular formula is C18H20N2O2S. The van der Waals surface area contributed by atoms with Crippen LogP contribution < -0.4 is 0 Å². The molecule has 0 unspecified atom stereocenters. The van der Waals surface area contributed by atoms with Crippen LogP contribution in [-0.4, -0.2) is 54.2 Å². The molecule has 0 atom stereocenters. The summed E-state index contributed by atoms with van der Waals surface area (Å²) in [7, 11) is 0. The molecule has 0 radical (unpaired) electrons. The molecule has 1 amide bonds. The van der Waals surface area contributed by atoms with E-state index in [1.807, 2.05) is 28.5 Å². The summed E-state index contributed by atoms with van der Waals surface area (Å²) in [6.45, 7) is 3.58. The van der Waals surface area contributed by atoms with Crippen molar-refractivity contribution in [2.45, 2.75) is 12.8 Å². The van der Waals surface area contributed by atoms with Gasteiger partial charge in [0.05, 0.1) is 12.1 Å². The minimum Gasteiger partial charge on any atom is -0.336 e. The number of thiophene rings is 1. The quantitative estimate of drug-likeness (QED) is 0.866. The predicted octanol–water partition coefficient (Wildman–Crippen LogP) is 2.64. The van der Waals surface area contributed by atoms with Gasteiger partial charge >= 0.3 is 0 Å². The number of benzene rings is 1. The van der Waals surface area contributed by atoms with Crippen molar-refractivity contribution in [3.8, 4) is 0 Å². The standard InChI is InChI=1S/C18H20N2O2S/c21-16(13-5-6-13)11-19-7-9-20(10-8-19)18(22)15-12-23-17-4-2-1-3-14(15)17/h1-4,12-13H,5-11H2. The van der Waals surface area contributed by atoms with Crippen LogP contribution in [0.4, 0.5) is 0 Å². The van der Waals surface area contributed by atoms with Crippen LogP contribution in [0.3, 0.4) is 0 Å². The molecule has 2 aliphatic rings. The number of fused-ring (bicyclic) bond motifs is 1. The number of amides is 1. The van der Waals surface area contributed by atoms with Gasteiger partial charge in [0.25, 0.3) is 5.91 Å². The van der Waals surface area contributed by atoms with Gasteiger partial charge in [0, 0.05) is 47.6 Å². The monoisotopic (exact) mass is 328 g/mol. The van der Waals surface area contributed by atoms with E-state index in [0.29, 0.717) is 31.3 Å². The molecule has 2 fully saturated rings. The van der Waals surface area contributed by atoms with Crippen molar-refractivity contribution in [3.63, 3.8) is 0 Å². The first-order valence-corrected chi connectivity index (χ1v) is 9.11. The van der Waals surface area contributed by atoms with Crippen molar-refractivity contribution < 1.29 is 9.59 Å². The van der Waals surface area contributed by atoms with E-state index in [1.54, 1.807) is 11.3 Å². The number of Topliss-reactive ketones (excluding diaryl/α,β-unsaturated/α-hetero) is 1. The maximum absolute atomic E-state index is 12.8. The van der Waals surface area contributed by atoms with E-state index in [1.165, 1.54) is 0 Å². The lowest BCUT2D eigenvalue weighted by Crippen LogP contribution is -2.50. The van der Waals surface area contributed by atoms with Crippen LogP contribution >= 0.6 is 11.3 Å². The first-order chi connectivity index (χ1) is 11.2. The van der Waals surface area contributed by atoms with Gasteiger partial charge in [0.2, 0.25) is 0 Å². The number of hydrogen-bond acceptors (Lipinski definition) is 4. The van der Waals surface area contributed by atoms with Crippen LogP contribution in [0.5, 0.6) is 0 Å². The summed E-state index contributed by atoms with van der Waals surface area (Å²) < 4.78 is 1.16. The maximum atomic E-state index is 12.8. The van der Waals surface area contributed by atoms with E-state index in [2.05, 4.69) is 11.0 Å². The van der Waals surface area contributed by atoms with Crippen LogP contribution in [0.2, 0.25) is 0 Å². The third kappa shape index (κ3) is 3.03. The second-order valence-corrected chi connectivity index (χ2v) is 7.37. The molecule has 2 aromatic rings. The number of piperazine rings is 1. The van der Waals surface area contributed by atoms with Crippen LogP contribution in [-0.2, 0) is 4.79 Å². The van der Waals surface area contributed by atoms with Gasteiger partial charge in [0.1, 0.15) is 5.78 Å². The van der Waals surface area contributed by atoms with Gasteiger partial charge in [-0.15, -0.1) is 11.3 Å². The van der Waals surface area contributed by atoms with Gasteiger partial charge in [0.15, 0.2) is 0 Å². The molecule has 0 bridgehead atoms. The second kappa shape index (κ2) is 6.06. The first-order valence-electron chi connectivity index (χ1n) is 8.23. The molecule has 1 aromatic heterocycles. The smallest absolute Gasteiger partial charge is 0.255 e. The Labute approximate surface area is 139 Å².